The summed E-state index contributed by atoms with van der Waals surface area (Å²) in [6, 6.07) is 8.53. The van der Waals surface area contributed by atoms with Gasteiger partial charge in [-0.05, 0) is 38.3 Å². The summed E-state index contributed by atoms with van der Waals surface area (Å²) in [5, 5.41) is 7.87. The van der Waals surface area contributed by atoms with Crippen molar-refractivity contribution in [3.8, 4) is 0 Å². The minimum absolute atomic E-state index is 0. The van der Waals surface area contributed by atoms with Gasteiger partial charge in [-0.3, -0.25) is 4.90 Å². The van der Waals surface area contributed by atoms with Gasteiger partial charge in [-0.2, -0.15) is 13.2 Å². The summed E-state index contributed by atoms with van der Waals surface area (Å²) in [5.74, 6) is 0.576. The summed E-state index contributed by atoms with van der Waals surface area (Å²) in [4.78, 5) is 10.5. The fraction of sp³-hybridized carbons (Fsp3) is 0.524. The van der Waals surface area contributed by atoms with Crippen LogP contribution in [0, 0.1) is 0 Å². The monoisotopic (exact) mass is 567 g/mol. The van der Waals surface area contributed by atoms with Crippen LogP contribution in [-0.4, -0.2) is 41.0 Å². The SMILES string of the molecule is CCNC(=NCc1nc(C(F)(F)F)cs1)NCC(C)(C)N1CCc2ccccc2C1.I. The van der Waals surface area contributed by atoms with Crippen LogP contribution >= 0.6 is 35.3 Å². The Labute approximate surface area is 202 Å². The van der Waals surface area contributed by atoms with Gasteiger partial charge >= 0.3 is 6.18 Å². The Kier molecular flexibility index (Phi) is 9.14. The standard InChI is InChI=1S/C21H28F3N5S.HI/c1-4-25-19(26-11-18-28-17(13-30-18)21(22,23)24)27-14-20(2,3)29-10-9-15-7-5-6-8-16(15)12-29;/h5-8,13H,4,9-12,14H2,1-3H3,(H2,25,26,27);1H. The van der Waals surface area contributed by atoms with E-state index in [1.165, 1.54) is 11.1 Å². The number of thiazole rings is 1. The van der Waals surface area contributed by atoms with E-state index >= 15 is 0 Å². The molecule has 0 saturated carbocycles. The zero-order valence-corrected chi connectivity index (χ0v) is 21.1. The fourth-order valence-electron chi connectivity index (χ4n) is 3.43. The average molecular weight is 567 g/mol. The fourth-order valence-corrected chi connectivity index (χ4v) is 4.15. The zero-order valence-electron chi connectivity index (χ0n) is 17.9. The van der Waals surface area contributed by atoms with E-state index in [-0.39, 0.29) is 36.1 Å². The first kappa shape index (κ1) is 25.9. The van der Waals surface area contributed by atoms with Crippen LogP contribution in [0.1, 0.15) is 42.6 Å². The Morgan fingerprint density at radius 3 is 2.55 bits per heavy atom. The van der Waals surface area contributed by atoms with Crippen LogP contribution in [0.2, 0.25) is 0 Å². The van der Waals surface area contributed by atoms with Crippen LogP contribution in [0.15, 0.2) is 34.6 Å². The zero-order chi connectivity index (χ0) is 21.8. The van der Waals surface area contributed by atoms with Gasteiger partial charge < -0.3 is 10.6 Å². The van der Waals surface area contributed by atoms with Gasteiger partial charge in [0.2, 0.25) is 0 Å². The molecule has 0 aliphatic carbocycles. The second-order valence-corrected chi connectivity index (χ2v) is 8.87. The molecule has 2 N–H and O–H groups in total. The van der Waals surface area contributed by atoms with Crippen LogP contribution in [0.25, 0.3) is 0 Å². The first-order valence-corrected chi connectivity index (χ1v) is 10.9. The molecular formula is C21H29F3IN5S. The number of aliphatic imine (C=N–C) groups is 1. The Hall–Kier alpha value is -1.40. The predicted octanol–water partition coefficient (Wildman–Crippen LogP) is 4.67. The largest absolute Gasteiger partial charge is 0.434 e. The van der Waals surface area contributed by atoms with Crippen molar-refractivity contribution >= 4 is 41.3 Å². The highest BCUT2D eigenvalue weighted by Crippen LogP contribution is 2.30. The first-order valence-electron chi connectivity index (χ1n) is 10.0. The molecule has 2 aromatic rings. The molecule has 3 rings (SSSR count). The quantitative estimate of drug-likeness (QED) is 0.303. The van der Waals surface area contributed by atoms with Crippen molar-refractivity contribution < 1.29 is 13.2 Å². The molecule has 2 heterocycles. The molecule has 0 radical (unpaired) electrons. The van der Waals surface area contributed by atoms with Crippen LogP contribution < -0.4 is 10.6 Å². The van der Waals surface area contributed by atoms with Crippen LogP contribution in [-0.2, 0) is 25.7 Å². The molecular weight excluding hydrogens is 538 g/mol. The lowest BCUT2D eigenvalue weighted by atomic mass is 9.94. The number of halogens is 4. The topological polar surface area (TPSA) is 52.6 Å². The normalized spacial score (nSPS) is 15.2. The molecule has 1 aliphatic heterocycles. The van der Waals surface area contributed by atoms with Crippen molar-refractivity contribution in [3.63, 3.8) is 0 Å². The lowest BCUT2D eigenvalue weighted by Gasteiger charge is -2.42. The average Bonchev–Trinajstić information content (AvgIpc) is 3.19. The predicted molar refractivity (Wildman–Crippen MR) is 130 cm³/mol. The molecule has 1 aromatic heterocycles. The van der Waals surface area contributed by atoms with Crippen molar-refractivity contribution in [2.24, 2.45) is 4.99 Å². The minimum Gasteiger partial charge on any atom is -0.357 e. The molecule has 31 heavy (non-hydrogen) atoms. The number of rotatable bonds is 6. The van der Waals surface area contributed by atoms with E-state index in [0.717, 1.165) is 36.2 Å². The lowest BCUT2D eigenvalue weighted by molar-refractivity contribution is -0.140. The van der Waals surface area contributed by atoms with E-state index in [1.54, 1.807) is 0 Å². The van der Waals surface area contributed by atoms with E-state index < -0.39 is 11.9 Å². The number of benzene rings is 1. The van der Waals surface area contributed by atoms with E-state index in [9.17, 15) is 13.2 Å². The van der Waals surface area contributed by atoms with E-state index in [2.05, 4.69) is 63.6 Å². The maximum atomic E-state index is 12.7. The molecule has 0 fully saturated rings. The summed E-state index contributed by atoms with van der Waals surface area (Å²) in [7, 11) is 0. The molecule has 172 valence electrons. The van der Waals surface area contributed by atoms with Gasteiger partial charge in [-0.1, -0.05) is 24.3 Å². The van der Waals surface area contributed by atoms with Gasteiger partial charge in [0.05, 0.1) is 6.54 Å². The molecule has 10 heteroatoms. The van der Waals surface area contributed by atoms with Gasteiger partial charge in [0.1, 0.15) is 5.01 Å². The second kappa shape index (κ2) is 11.0. The molecule has 0 atom stereocenters. The third kappa shape index (κ3) is 7.04. The maximum Gasteiger partial charge on any atom is 0.434 e. The Morgan fingerprint density at radius 2 is 1.90 bits per heavy atom. The maximum absolute atomic E-state index is 12.7. The van der Waals surface area contributed by atoms with Gasteiger partial charge in [0.15, 0.2) is 11.7 Å². The first-order chi connectivity index (χ1) is 14.2. The number of hydrogen-bond acceptors (Lipinski definition) is 4. The number of nitrogens with one attached hydrogen (secondary N) is 2. The Morgan fingerprint density at radius 1 is 1.19 bits per heavy atom. The van der Waals surface area contributed by atoms with Crippen LogP contribution in [0.5, 0.6) is 0 Å². The van der Waals surface area contributed by atoms with Gasteiger partial charge in [-0.15, -0.1) is 35.3 Å². The van der Waals surface area contributed by atoms with E-state index in [1.807, 2.05) is 6.92 Å². The minimum atomic E-state index is -4.42. The molecule has 0 amide bonds. The highest BCUT2D eigenvalue weighted by Gasteiger charge is 2.33. The number of fused-ring (bicyclic) bond motifs is 1. The Balaban J connectivity index is 0.00000341. The van der Waals surface area contributed by atoms with Crippen molar-refractivity contribution in [2.75, 3.05) is 19.6 Å². The van der Waals surface area contributed by atoms with Crippen molar-refractivity contribution in [1.82, 2.24) is 20.5 Å². The third-order valence-corrected chi connectivity index (χ3v) is 6.07. The summed E-state index contributed by atoms with van der Waals surface area (Å²) in [6.45, 7) is 9.64. The van der Waals surface area contributed by atoms with Crippen molar-refractivity contribution in [2.45, 2.75) is 52.0 Å². The number of alkyl halides is 3. The number of nitrogens with zero attached hydrogens (tertiary/aromatic N) is 3. The van der Waals surface area contributed by atoms with E-state index in [0.29, 0.717) is 24.1 Å². The van der Waals surface area contributed by atoms with E-state index in [4.69, 9.17) is 0 Å². The summed E-state index contributed by atoms with van der Waals surface area (Å²) >= 11 is 0.974. The lowest BCUT2D eigenvalue weighted by Crippen LogP contribution is -2.54. The summed E-state index contributed by atoms with van der Waals surface area (Å²) < 4.78 is 38.2. The van der Waals surface area contributed by atoms with Crippen LogP contribution in [0.3, 0.4) is 0 Å². The third-order valence-electron chi connectivity index (χ3n) is 5.23. The molecule has 1 aromatic carbocycles. The number of guanidine groups is 1. The molecule has 1 aliphatic rings. The smallest absolute Gasteiger partial charge is 0.357 e. The molecule has 0 unspecified atom stereocenters. The second-order valence-electron chi connectivity index (χ2n) is 7.93. The molecule has 0 bridgehead atoms. The highest BCUT2D eigenvalue weighted by atomic mass is 127. The Bertz CT molecular complexity index is 882. The van der Waals surface area contributed by atoms with Crippen molar-refractivity contribution in [3.05, 3.63) is 51.5 Å². The summed E-state index contributed by atoms with van der Waals surface area (Å²) in [5.41, 5.74) is 1.80. The molecule has 0 spiro atoms. The van der Waals surface area contributed by atoms with Gasteiger partial charge in [0.25, 0.3) is 0 Å². The van der Waals surface area contributed by atoms with Gasteiger partial charge in [-0.25, -0.2) is 9.98 Å². The van der Waals surface area contributed by atoms with Crippen molar-refractivity contribution in [1.29, 1.82) is 0 Å². The number of hydrogen-bond donors (Lipinski definition) is 2. The molecule has 5 nitrogen and oxygen atoms in total. The van der Waals surface area contributed by atoms with Crippen LogP contribution in [0.4, 0.5) is 13.2 Å². The highest BCUT2D eigenvalue weighted by molar-refractivity contribution is 14.0. The molecule has 0 saturated heterocycles. The summed E-state index contributed by atoms with van der Waals surface area (Å²) in [6.07, 6.45) is -3.39. The number of aromatic nitrogens is 1. The van der Waals surface area contributed by atoms with Gasteiger partial charge in [0, 0.05) is 37.1 Å².